The second-order valence-corrected chi connectivity index (χ2v) is 5.21. The largest absolute Gasteiger partial charge is 0.373 e. The van der Waals surface area contributed by atoms with E-state index in [0.717, 1.165) is 19.3 Å². The first-order chi connectivity index (χ1) is 6.61. The fourth-order valence-electron chi connectivity index (χ4n) is 2.18. The van der Waals surface area contributed by atoms with Crippen molar-refractivity contribution in [1.29, 1.82) is 0 Å². The summed E-state index contributed by atoms with van der Waals surface area (Å²) in [6, 6.07) is 0.206. The third-order valence-corrected chi connectivity index (χ3v) is 3.43. The first-order valence-corrected chi connectivity index (χ1v) is 5.75. The van der Waals surface area contributed by atoms with Crippen molar-refractivity contribution in [3.8, 4) is 0 Å². The van der Waals surface area contributed by atoms with Gasteiger partial charge in [0.25, 0.3) is 0 Å². The molecule has 0 bridgehead atoms. The lowest BCUT2D eigenvalue weighted by Crippen LogP contribution is -2.41. The van der Waals surface area contributed by atoms with E-state index in [1.807, 2.05) is 0 Å². The van der Waals surface area contributed by atoms with Crippen LogP contribution in [0.15, 0.2) is 0 Å². The predicted molar refractivity (Wildman–Crippen MR) is 57.5 cm³/mol. The normalized spacial score (nSPS) is 31.1. The minimum absolute atomic E-state index is 0.0123. The fourth-order valence-corrected chi connectivity index (χ4v) is 2.25. The van der Waals surface area contributed by atoms with E-state index in [1.165, 1.54) is 6.42 Å². The van der Waals surface area contributed by atoms with E-state index in [2.05, 4.69) is 17.9 Å². The maximum atomic E-state index is 11.4. The van der Waals surface area contributed by atoms with Crippen LogP contribution in [0.25, 0.3) is 0 Å². The Bertz CT molecular complexity index is 238. The standard InChI is InChI=1S/C10H17NO2S/c1-7(14)9(12)11-8-5-10(13-6-8)3-2-4-10/h7-8,14H,2-6H2,1H3,(H,11,12). The smallest absolute Gasteiger partial charge is 0.232 e. The average Bonchev–Trinajstić information content (AvgIpc) is 2.47. The molecule has 2 fully saturated rings. The lowest BCUT2D eigenvalue weighted by atomic mass is 9.77. The molecule has 0 radical (unpaired) electrons. The van der Waals surface area contributed by atoms with E-state index in [9.17, 15) is 4.79 Å². The highest BCUT2D eigenvalue weighted by atomic mass is 32.1. The Kier molecular flexibility index (Phi) is 2.75. The number of amides is 1. The zero-order valence-corrected chi connectivity index (χ0v) is 9.35. The van der Waals surface area contributed by atoms with Crippen molar-refractivity contribution in [3.63, 3.8) is 0 Å². The van der Waals surface area contributed by atoms with Gasteiger partial charge in [0.2, 0.25) is 5.91 Å². The number of ether oxygens (including phenoxy) is 1. The average molecular weight is 215 g/mol. The molecule has 2 aliphatic rings. The van der Waals surface area contributed by atoms with E-state index < -0.39 is 0 Å². The van der Waals surface area contributed by atoms with Crippen molar-refractivity contribution < 1.29 is 9.53 Å². The number of hydrogen-bond acceptors (Lipinski definition) is 3. The quantitative estimate of drug-likeness (QED) is 0.678. The molecule has 1 amide bonds. The second kappa shape index (κ2) is 3.74. The van der Waals surface area contributed by atoms with Gasteiger partial charge >= 0.3 is 0 Å². The van der Waals surface area contributed by atoms with E-state index in [0.29, 0.717) is 6.61 Å². The minimum atomic E-state index is -0.229. The molecular weight excluding hydrogens is 198 g/mol. The van der Waals surface area contributed by atoms with Gasteiger partial charge in [-0.3, -0.25) is 4.79 Å². The molecule has 2 unspecified atom stereocenters. The molecular formula is C10H17NO2S. The van der Waals surface area contributed by atoms with Gasteiger partial charge in [0.1, 0.15) is 0 Å². The van der Waals surface area contributed by atoms with Crippen molar-refractivity contribution in [3.05, 3.63) is 0 Å². The van der Waals surface area contributed by atoms with Crippen molar-refractivity contribution >= 4 is 18.5 Å². The Hall–Kier alpha value is -0.220. The van der Waals surface area contributed by atoms with Crippen LogP contribution in [-0.2, 0) is 9.53 Å². The number of carbonyl (C=O) groups is 1. The van der Waals surface area contributed by atoms with Gasteiger partial charge < -0.3 is 10.1 Å². The fraction of sp³-hybridized carbons (Fsp3) is 0.900. The summed E-state index contributed by atoms with van der Waals surface area (Å²) >= 11 is 4.09. The molecule has 1 saturated carbocycles. The number of nitrogens with one attached hydrogen (secondary N) is 1. The van der Waals surface area contributed by atoms with Gasteiger partial charge in [-0.05, 0) is 32.6 Å². The SMILES string of the molecule is CC(S)C(=O)NC1COC2(CCC2)C1. The van der Waals surface area contributed by atoms with Crippen LogP contribution >= 0.6 is 12.6 Å². The molecule has 0 aromatic rings. The third kappa shape index (κ3) is 1.91. The van der Waals surface area contributed by atoms with E-state index >= 15 is 0 Å². The number of rotatable bonds is 2. The van der Waals surface area contributed by atoms with Crippen LogP contribution in [0.1, 0.15) is 32.6 Å². The second-order valence-electron chi connectivity index (χ2n) is 4.43. The van der Waals surface area contributed by atoms with Gasteiger partial charge in [-0.25, -0.2) is 0 Å². The Balaban J connectivity index is 1.81. The van der Waals surface area contributed by atoms with Crippen molar-refractivity contribution in [2.24, 2.45) is 0 Å². The molecule has 80 valence electrons. The molecule has 1 aliphatic heterocycles. The molecule has 14 heavy (non-hydrogen) atoms. The highest BCUT2D eigenvalue weighted by Gasteiger charge is 2.45. The Labute approximate surface area is 90.0 Å². The van der Waals surface area contributed by atoms with Crippen LogP contribution in [0.2, 0.25) is 0 Å². The molecule has 4 heteroatoms. The van der Waals surface area contributed by atoms with E-state index in [4.69, 9.17) is 4.74 Å². The first kappa shape index (κ1) is 10.3. The monoisotopic (exact) mass is 215 g/mol. The van der Waals surface area contributed by atoms with Gasteiger partial charge in [0.05, 0.1) is 23.5 Å². The topological polar surface area (TPSA) is 38.3 Å². The van der Waals surface area contributed by atoms with Crippen LogP contribution in [0.4, 0.5) is 0 Å². The Morgan fingerprint density at radius 2 is 2.36 bits per heavy atom. The van der Waals surface area contributed by atoms with E-state index in [-0.39, 0.29) is 22.8 Å². The van der Waals surface area contributed by atoms with Gasteiger partial charge in [-0.2, -0.15) is 12.6 Å². The molecule has 2 atom stereocenters. The van der Waals surface area contributed by atoms with Gasteiger partial charge in [0.15, 0.2) is 0 Å². The minimum Gasteiger partial charge on any atom is -0.373 e. The summed E-state index contributed by atoms with van der Waals surface area (Å²) in [5, 5.41) is 2.73. The Morgan fingerprint density at radius 1 is 1.64 bits per heavy atom. The van der Waals surface area contributed by atoms with Gasteiger partial charge in [-0.15, -0.1) is 0 Å². The number of carbonyl (C=O) groups excluding carboxylic acids is 1. The lowest BCUT2D eigenvalue weighted by Gasteiger charge is -2.37. The van der Waals surface area contributed by atoms with Crippen molar-refractivity contribution in [2.45, 2.75) is 49.5 Å². The summed E-state index contributed by atoms with van der Waals surface area (Å²) in [5.74, 6) is 0.0123. The van der Waals surface area contributed by atoms with Crippen LogP contribution < -0.4 is 5.32 Å². The zero-order valence-electron chi connectivity index (χ0n) is 8.45. The highest BCUT2D eigenvalue weighted by molar-refractivity contribution is 7.81. The summed E-state index contributed by atoms with van der Waals surface area (Å²) in [5.41, 5.74) is 0.123. The van der Waals surface area contributed by atoms with Crippen molar-refractivity contribution in [2.75, 3.05) is 6.61 Å². The van der Waals surface area contributed by atoms with Crippen LogP contribution in [0.5, 0.6) is 0 Å². The summed E-state index contributed by atoms with van der Waals surface area (Å²) in [6.07, 6.45) is 4.58. The maximum Gasteiger partial charge on any atom is 0.232 e. The summed E-state index contributed by atoms with van der Waals surface area (Å²) < 4.78 is 5.73. The predicted octanol–water partition coefficient (Wildman–Crippen LogP) is 1.13. The van der Waals surface area contributed by atoms with Crippen LogP contribution in [0, 0.1) is 0 Å². The molecule has 1 aliphatic carbocycles. The van der Waals surface area contributed by atoms with Gasteiger partial charge in [-0.1, -0.05) is 0 Å². The molecule has 1 N–H and O–H groups in total. The lowest BCUT2D eigenvalue weighted by molar-refractivity contribution is -0.121. The first-order valence-electron chi connectivity index (χ1n) is 5.24. The molecule has 2 rings (SSSR count). The summed E-state index contributed by atoms with van der Waals surface area (Å²) in [4.78, 5) is 11.4. The number of hydrogen-bond donors (Lipinski definition) is 2. The zero-order chi connectivity index (χ0) is 10.2. The molecule has 1 saturated heterocycles. The summed E-state index contributed by atoms with van der Waals surface area (Å²) in [7, 11) is 0. The third-order valence-electron chi connectivity index (χ3n) is 3.20. The summed E-state index contributed by atoms with van der Waals surface area (Å²) in [6.45, 7) is 2.46. The molecule has 1 heterocycles. The van der Waals surface area contributed by atoms with Crippen LogP contribution in [0.3, 0.4) is 0 Å². The maximum absolute atomic E-state index is 11.4. The molecule has 3 nitrogen and oxygen atoms in total. The number of thiol groups is 1. The highest BCUT2D eigenvalue weighted by Crippen LogP contribution is 2.43. The van der Waals surface area contributed by atoms with Crippen molar-refractivity contribution in [1.82, 2.24) is 5.32 Å². The molecule has 0 aromatic heterocycles. The molecule has 1 spiro atoms. The van der Waals surface area contributed by atoms with Gasteiger partial charge in [0, 0.05) is 0 Å². The molecule has 0 aromatic carbocycles. The Morgan fingerprint density at radius 3 is 2.79 bits per heavy atom. The van der Waals surface area contributed by atoms with E-state index in [1.54, 1.807) is 6.92 Å². The van der Waals surface area contributed by atoms with Crippen LogP contribution in [-0.4, -0.2) is 29.4 Å².